The number of rotatable bonds is 7. The van der Waals surface area contributed by atoms with Crippen molar-refractivity contribution in [3.63, 3.8) is 0 Å². The first-order chi connectivity index (χ1) is 12.2. The molecule has 0 fully saturated rings. The normalized spacial score (nSPS) is 16.0. The standard InChI is InChI=1S/C19H21FN2O3/c20-7-1-2-13-3-4-15-14(6-9-25-18(15)10-13)11-22-17-12-21-8-5-16(17)19(23)24/h3-5,8,10,12,14,22H,1-2,6-7,9,11H2,(H,23,24). The summed E-state index contributed by atoms with van der Waals surface area (Å²) >= 11 is 0. The van der Waals surface area contributed by atoms with Crippen molar-refractivity contribution in [2.75, 3.05) is 25.1 Å². The molecule has 1 aliphatic rings. The van der Waals surface area contributed by atoms with Gasteiger partial charge in [-0.1, -0.05) is 12.1 Å². The first-order valence-corrected chi connectivity index (χ1v) is 8.42. The molecule has 1 unspecified atom stereocenters. The minimum absolute atomic E-state index is 0.212. The third-order valence-corrected chi connectivity index (χ3v) is 4.43. The molecule has 2 heterocycles. The predicted molar refractivity (Wildman–Crippen MR) is 93.3 cm³/mol. The summed E-state index contributed by atoms with van der Waals surface area (Å²) in [6.45, 7) is 0.901. The number of nitrogens with one attached hydrogen (secondary N) is 1. The van der Waals surface area contributed by atoms with Crippen LogP contribution in [0.1, 0.15) is 40.2 Å². The number of aromatic nitrogens is 1. The fraction of sp³-hybridized carbons (Fsp3) is 0.368. The number of hydrogen-bond donors (Lipinski definition) is 2. The number of anilines is 1. The molecule has 0 spiro atoms. The molecule has 2 aromatic rings. The minimum atomic E-state index is -0.977. The molecule has 0 bridgehead atoms. The number of carbonyl (C=O) groups is 1. The summed E-state index contributed by atoms with van der Waals surface area (Å²) in [5.41, 5.74) is 2.90. The molecule has 0 radical (unpaired) electrons. The van der Waals surface area contributed by atoms with Crippen molar-refractivity contribution in [3.05, 3.63) is 53.3 Å². The quantitative estimate of drug-likeness (QED) is 0.802. The van der Waals surface area contributed by atoms with Crippen LogP contribution in [0, 0.1) is 0 Å². The second-order valence-corrected chi connectivity index (χ2v) is 6.11. The molecule has 6 heteroatoms. The number of halogens is 1. The number of alkyl halides is 1. The maximum absolute atomic E-state index is 12.3. The highest BCUT2D eigenvalue weighted by atomic mass is 19.1. The topological polar surface area (TPSA) is 71.5 Å². The molecular formula is C19H21FN2O3. The number of ether oxygens (including phenoxy) is 1. The molecule has 1 atom stereocenters. The van der Waals surface area contributed by atoms with E-state index in [-0.39, 0.29) is 18.2 Å². The average molecular weight is 344 g/mol. The summed E-state index contributed by atoms with van der Waals surface area (Å²) in [7, 11) is 0. The number of aryl methyl sites for hydroxylation is 1. The lowest BCUT2D eigenvalue weighted by Gasteiger charge is -2.27. The van der Waals surface area contributed by atoms with Crippen molar-refractivity contribution >= 4 is 11.7 Å². The Labute approximate surface area is 145 Å². The Balaban J connectivity index is 1.72. The number of carboxylic acid groups (broad SMARTS) is 1. The van der Waals surface area contributed by atoms with Crippen LogP contribution in [0.15, 0.2) is 36.7 Å². The van der Waals surface area contributed by atoms with Gasteiger partial charge < -0.3 is 15.2 Å². The predicted octanol–water partition coefficient (Wildman–Crippen LogP) is 3.66. The second-order valence-electron chi connectivity index (χ2n) is 6.11. The molecule has 2 N–H and O–H groups in total. The minimum Gasteiger partial charge on any atom is -0.493 e. The Bertz CT molecular complexity index is 751. The molecule has 132 valence electrons. The SMILES string of the molecule is O=C(O)c1ccncc1NCC1CCOc2cc(CCCF)ccc21. The van der Waals surface area contributed by atoms with Crippen LogP contribution in [0.2, 0.25) is 0 Å². The Morgan fingerprint density at radius 2 is 2.28 bits per heavy atom. The molecule has 25 heavy (non-hydrogen) atoms. The second kappa shape index (κ2) is 7.96. The summed E-state index contributed by atoms with van der Waals surface area (Å²) in [5, 5.41) is 12.5. The van der Waals surface area contributed by atoms with Gasteiger partial charge in [0.1, 0.15) is 5.75 Å². The van der Waals surface area contributed by atoms with E-state index in [1.807, 2.05) is 18.2 Å². The van der Waals surface area contributed by atoms with Crippen LogP contribution < -0.4 is 10.1 Å². The largest absolute Gasteiger partial charge is 0.493 e. The molecule has 1 aliphatic heterocycles. The van der Waals surface area contributed by atoms with Crippen LogP contribution in [-0.2, 0) is 6.42 Å². The fourth-order valence-electron chi connectivity index (χ4n) is 3.10. The van der Waals surface area contributed by atoms with Gasteiger partial charge in [-0.25, -0.2) is 4.79 Å². The Kier molecular flexibility index (Phi) is 5.48. The van der Waals surface area contributed by atoms with Crippen molar-refractivity contribution in [1.29, 1.82) is 0 Å². The molecule has 1 aromatic heterocycles. The third-order valence-electron chi connectivity index (χ3n) is 4.43. The van der Waals surface area contributed by atoms with Gasteiger partial charge in [0, 0.05) is 18.7 Å². The van der Waals surface area contributed by atoms with Crippen LogP contribution >= 0.6 is 0 Å². The highest BCUT2D eigenvalue weighted by Crippen LogP contribution is 2.35. The Morgan fingerprint density at radius 1 is 1.40 bits per heavy atom. The van der Waals surface area contributed by atoms with E-state index in [4.69, 9.17) is 4.74 Å². The lowest BCUT2D eigenvalue weighted by atomic mass is 9.91. The van der Waals surface area contributed by atoms with E-state index >= 15 is 0 Å². The van der Waals surface area contributed by atoms with Crippen molar-refractivity contribution in [2.45, 2.75) is 25.2 Å². The molecule has 1 aromatic carbocycles. The van der Waals surface area contributed by atoms with Gasteiger partial charge in [-0.2, -0.15) is 0 Å². The van der Waals surface area contributed by atoms with E-state index in [1.165, 1.54) is 18.5 Å². The van der Waals surface area contributed by atoms with Crippen molar-refractivity contribution < 1.29 is 19.0 Å². The van der Waals surface area contributed by atoms with Gasteiger partial charge in [0.05, 0.1) is 30.7 Å². The Hall–Kier alpha value is -2.63. The number of carboxylic acids is 1. The van der Waals surface area contributed by atoms with Gasteiger partial charge in [0.15, 0.2) is 0 Å². The van der Waals surface area contributed by atoms with Crippen molar-refractivity contribution in [3.8, 4) is 5.75 Å². The molecule has 0 saturated heterocycles. The summed E-state index contributed by atoms with van der Waals surface area (Å²) in [6, 6.07) is 7.53. The zero-order valence-electron chi connectivity index (χ0n) is 13.9. The van der Waals surface area contributed by atoms with E-state index in [0.717, 1.165) is 23.3 Å². The number of aromatic carboxylic acids is 1. The number of hydrogen-bond acceptors (Lipinski definition) is 4. The van der Waals surface area contributed by atoms with Crippen LogP contribution in [0.3, 0.4) is 0 Å². The molecule has 0 amide bonds. The van der Waals surface area contributed by atoms with Gasteiger partial charge in [-0.05, 0) is 42.5 Å². The van der Waals surface area contributed by atoms with Crippen molar-refractivity contribution in [2.24, 2.45) is 0 Å². The number of pyridine rings is 1. The highest BCUT2D eigenvalue weighted by Gasteiger charge is 2.22. The molecule has 3 rings (SSSR count). The maximum Gasteiger partial charge on any atom is 0.337 e. The van der Waals surface area contributed by atoms with Gasteiger partial charge in [0.25, 0.3) is 0 Å². The summed E-state index contributed by atoms with van der Waals surface area (Å²) < 4.78 is 18.1. The molecule has 0 saturated carbocycles. The van der Waals surface area contributed by atoms with Gasteiger partial charge in [-0.3, -0.25) is 9.37 Å². The van der Waals surface area contributed by atoms with Crippen LogP contribution in [-0.4, -0.2) is 35.9 Å². The molecule has 5 nitrogen and oxygen atoms in total. The maximum atomic E-state index is 12.3. The fourth-order valence-corrected chi connectivity index (χ4v) is 3.10. The first kappa shape index (κ1) is 17.2. The summed E-state index contributed by atoms with van der Waals surface area (Å²) in [6.07, 6.45) is 5.07. The van der Waals surface area contributed by atoms with Crippen LogP contribution in [0.25, 0.3) is 0 Å². The zero-order valence-corrected chi connectivity index (χ0v) is 13.9. The van der Waals surface area contributed by atoms with Crippen LogP contribution in [0.5, 0.6) is 5.75 Å². The number of nitrogens with zero attached hydrogens (tertiary/aromatic N) is 1. The first-order valence-electron chi connectivity index (χ1n) is 8.42. The van der Waals surface area contributed by atoms with Gasteiger partial charge >= 0.3 is 5.97 Å². The van der Waals surface area contributed by atoms with E-state index in [0.29, 0.717) is 31.7 Å². The summed E-state index contributed by atoms with van der Waals surface area (Å²) in [4.78, 5) is 15.3. The lowest BCUT2D eigenvalue weighted by molar-refractivity contribution is 0.0697. The lowest BCUT2D eigenvalue weighted by Crippen LogP contribution is -2.21. The molecule has 0 aliphatic carbocycles. The van der Waals surface area contributed by atoms with E-state index in [9.17, 15) is 14.3 Å². The smallest absolute Gasteiger partial charge is 0.337 e. The van der Waals surface area contributed by atoms with E-state index in [1.54, 1.807) is 0 Å². The van der Waals surface area contributed by atoms with Crippen LogP contribution in [0.4, 0.5) is 10.1 Å². The van der Waals surface area contributed by atoms with Gasteiger partial charge in [0.2, 0.25) is 0 Å². The monoisotopic (exact) mass is 344 g/mol. The van der Waals surface area contributed by atoms with Gasteiger partial charge in [-0.15, -0.1) is 0 Å². The zero-order chi connectivity index (χ0) is 17.6. The average Bonchev–Trinajstić information content (AvgIpc) is 2.64. The molecular weight excluding hydrogens is 323 g/mol. The van der Waals surface area contributed by atoms with E-state index < -0.39 is 5.97 Å². The number of fused-ring (bicyclic) bond motifs is 1. The van der Waals surface area contributed by atoms with Crippen molar-refractivity contribution in [1.82, 2.24) is 4.98 Å². The summed E-state index contributed by atoms with van der Waals surface area (Å²) in [5.74, 6) is 0.0923. The number of benzene rings is 1. The Morgan fingerprint density at radius 3 is 3.08 bits per heavy atom. The highest BCUT2D eigenvalue weighted by molar-refractivity contribution is 5.93. The van der Waals surface area contributed by atoms with E-state index in [2.05, 4.69) is 10.3 Å². The third kappa shape index (κ3) is 4.07.